The summed E-state index contributed by atoms with van der Waals surface area (Å²) in [6.45, 7) is 10.2. The Hall–Kier alpha value is -0.0500. The Morgan fingerprint density at radius 2 is 1.96 bits per heavy atom. The number of nitrogens with zero attached hydrogens (tertiary/aromatic N) is 2. The molecule has 0 aliphatic carbocycles. The second kappa shape index (κ2) is 11.5. The van der Waals surface area contributed by atoms with Gasteiger partial charge in [0.1, 0.15) is 9.84 Å². The van der Waals surface area contributed by atoms with E-state index in [4.69, 9.17) is 0 Å². The average Bonchev–Trinajstić information content (AvgIpc) is 2.92. The summed E-state index contributed by atoms with van der Waals surface area (Å²) in [7, 11) is -2.88. The molecule has 0 aromatic rings. The van der Waals surface area contributed by atoms with Crippen molar-refractivity contribution in [2.45, 2.75) is 46.5 Å². The normalized spacial score (nSPS) is 19.1. The number of hydrogen-bond acceptors (Lipinski definition) is 3. The van der Waals surface area contributed by atoms with E-state index in [9.17, 15) is 8.42 Å². The van der Waals surface area contributed by atoms with Gasteiger partial charge in [-0.25, -0.2) is 8.42 Å². The van der Waals surface area contributed by atoms with Crippen LogP contribution in [0.5, 0.6) is 0 Å². The molecular formula is C16H34IN3O2S. The number of rotatable bonds is 8. The largest absolute Gasteiger partial charge is 0.357 e. The van der Waals surface area contributed by atoms with Crippen molar-refractivity contribution < 1.29 is 8.42 Å². The molecule has 1 aliphatic rings. The minimum absolute atomic E-state index is 0. The van der Waals surface area contributed by atoms with E-state index in [1.54, 1.807) is 0 Å². The zero-order valence-corrected chi connectivity index (χ0v) is 18.2. The Balaban J connectivity index is 0.00000484. The summed E-state index contributed by atoms with van der Waals surface area (Å²) in [6, 6.07) is 0. The molecule has 0 spiro atoms. The van der Waals surface area contributed by atoms with Gasteiger partial charge in [-0.15, -0.1) is 24.0 Å². The fourth-order valence-corrected chi connectivity index (χ4v) is 3.91. The maximum absolute atomic E-state index is 11.2. The van der Waals surface area contributed by atoms with Crippen LogP contribution in [0.15, 0.2) is 4.99 Å². The molecule has 1 rings (SSSR count). The fourth-order valence-electron chi connectivity index (χ4n) is 3.26. The zero-order chi connectivity index (χ0) is 16.6. The van der Waals surface area contributed by atoms with Crippen molar-refractivity contribution >= 4 is 39.8 Å². The van der Waals surface area contributed by atoms with Crippen LogP contribution >= 0.6 is 24.0 Å². The van der Waals surface area contributed by atoms with E-state index in [1.807, 2.05) is 0 Å². The molecule has 0 aromatic carbocycles. The van der Waals surface area contributed by atoms with Crippen LogP contribution in [0.4, 0.5) is 0 Å². The van der Waals surface area contributed by atoms with Gasteiger partial charge < -0.3 is 10.2 Å². The van der Waals surface area contributed by atoms with Gasteiger partial charge in [0.25, 0.3) is 0 Å². The van der Waals surface area contributed by atoms with E-state index in [2.05, 4.69) is 36.0 Å². The number of sulfone groups is 1. The first kappa shape index (κ1) is 22.9. The number of guanidine groups is 1. The first-order valence-corrected chi connectivity index (χ1v) is 10.7. The SMILES string of the molecule is CCNC(=NCCCS(C)(=O)=O)N1CCC(C(CC)CC)C1.I. The minimum Gasteiger partial charge on any atom is -0.357 e. The van der Waals surface area contributed by atoms with Gasteiger partial charge in [0.05, 0.1) is 5.75 Å². The zero-order valence-electron chi connectivity index (χ0n) is 15.0. The van der Waals surface area contributed by atoms with Crippen molar-refractivity contribution in [3.63, 3.8) is 0 Å². The molecular weight excluding hydrogens is 425 g/mol. The lowest BCUT2D eigenvalue weighted by atomic mass is 9.87. The molecule has 1 saturated heterocycles. The van der Waals surface area contributed by atoms with Crippen molar-refractivity contribution in [3.05, 3.63) is 0 Å². The van der Waals surface area contributed by atoms with Crippen molar-refractivity contribution in [3.8, 4) is 0 Å². The third-order valence-electron chi connectivity index (χ3n) is 4.51. The summed E-state index contributed by atoms with van der Waals surface area (Å²) < 4.78 is 22.3. The van der Waals surface area contributed by atoms with Crippen molar-refractivity contribution in [1.82, 2.24) is 10.2 Å². The summed E-state index contributed by atoms with van der Waals surface area (Å²) >= 11 is 0. The highest BCUT2D eigenvalue weighted by Gasteiger charge is 2.29. The van der Waals surface area contributed by atoms with Crippen LogP contribution in [0.25, 0.3) is 0 Å². The molecule has 7 heteroatoms. The first-order valence-electron chi connectivity index (χ1n) is 8.62. The van der Waals surface area contributed by atoms with Gasteiger partial charge in [-0.3, -0.25) is 4.99 Å². The number of nitrogens with one attached hydrogen (secondary N) is 1. The van der Waals surface area contributed by atoms with Gasteiger partial charge in [-0.1, -0.05) is 26.7 Å². The molecule has 1 N–H and O–H groups in total. The van der Waals surface area contributed by atoms with Crippen molar-refractivity contribution in [2.75, 3.05) is 38.2 Å². The molecule has 0 aromatic heterocycles. The van der Waals surface area contributed by atoms with Gasteiger partial charge >= 0.3 is 0 Å². The van der Waals surface area contributed by atoms with Crippen LogP contribution in [-0.2, 0) is 9.84 Å². The average molecular weight is 459 g/mol. The quantitative estimate of drug-likeness (QED) is 0.263. The van der Waals surface area contributed by atoms with Crippen molar-refractivity contribution in [1.29, 1.82) is 0 Å². The highest BCUT2D eigenvalue weighted by molar-refractivity contribution is 14.0. The molecule has 1 heterocycles. The molecule has 1 aliphatic heterocycles. The Morgan fingerprint density at radius 1 is 1.30 bits per heavy atom. The van der Waals surface area contributed by atoms with Gasteiger partial charge in [-0.05, 0) is 31.6 Å². The Kier molecular flexibility index (Phi) is 11.5. The highest BCUT2D eigenvalue weighted by Crippen LogP contribution is 2.28. The van der Waals surface area contributed by atoms with E-state index < -0.39 is 9.84 Å². The van der Waals surface area contributed by atoms with Crippen LogP contribution < -0.4 is 5.32 Å². The Morgan fingerprint density at radius 3 is 2.48 bits per heavy atom. The number of halogens is 1. The van der Waals surface area contributed by atoms with Gasteiger partial charge in [0.15, 0.2) is 5.96 Å². The molecule has 138 valence electrons. The van der Waals surface area contributed by atoms with Crippen LogP contribution in [-0.4, -0.2) is 57.5 Å². The monoisotopic (exact) mass is 459 g/mol. The third kappa shape index (κ3) is 8.56. The predicted octanol–water partition coefficient (Wildman–Crippen LogP) is 2.76. The number of aliphatic imine (C=N–C) groups is 1. The predicted molar refractivity (Wildman–Crippen MR) is 109 cm³/mol. The van der Waals surface area contributed by atoms with E-state index >= 15 is 0 Å². The molecule has 0 radical (unpaired) electrons. The molecule has 1 unspecified atom stereocenters. The smallest absolute Gasteiger partial charge is 0.193 e. The fraction of sp³-hybridized carbons (Fsp3) is 0.938. The number of likely N-dealkylation sites (tertiary alicyclic amines) is 1. The van der Waals surface area contributed by atoms with Crippen LogP contribution in [0.1, 0.15) is 46.5 Å². The summed E-state index contributed by atoms with van der Waals surface area (Å²) in [6.07, 6.45) is 5.61. The summed E-state index contributed by atoms with van der Waals surface area (Å²) in [5.74, 6) is 2.73. The van der Waals surface area contributed by atoms with E-state index in [-0.39, 0.29) is 29.7 Å². The van der Waals surface area contributed by atoms with E-state index in [1.165, 1.54) is 25.5 Å². The summed E-state index contributed by atoms with van der Waals surface area (Å²) in [4.78, 5) is 6.95. The maximum atomic E-state index is 11.2. The third-order valence-corrected chi connectivity index (χ3v) is 5.54. The van der Waals surface area contributed by atoms with E-state index in [0.717, 1.165) is 37.4 Å². The van der Waals surface area contributed by atoms with E-state index in [0.29, 0.717) is 13.0 Å². The molecule has 1 fully saturated rings. The molecule has 0 bridgehead atoms. The number of hydrogen-bond donors (Lipinski definition) is 1. The minimum atomic E-state index is -2.88. The summed E-state index contributed by atoms with van der Waals surface area (Å²) in [5.41, 5.74) is 0. The standard InChI is InChI=1S/C16H33N3O2S.HI/c1-5-14(6-2)15-9-11-19(13-15)16(17-7-3)18-10-8-12-22(4,20)21;/h14-15H,5-13H2,1-4H3,(H,17,18);1H. The lowest BCUT2D eigenvalue weighted by Gasteiger charge is -2.24. The van der Waals surface area contributed by atoms with Gasteiger partial charge in [-0.2, -0.15) is 0 Å². The maximum Gasteiger partial charge on any atom is 0.193 e. The van der Waals surface area contributed by atoms with Crippen molar-refractivity contribution in [2.24, 2.45) is 16.8 Å². The first-order chi connectivity index (χ1) is 10.4. The van der Waals surface area contributed by atoms with Crippen LogP contribution in [0, 0.1) is 11.8 Å². The van der Waals surface area contributed by atoms with Gasteiger partial charge in [0.2, 0.25) is 0 Å². The molecule has 23 heavy (non-hydrogen) atoms. The van der Waals surface area contributed by atoms with Gasteiger partial charge in [0, 0.05) is 32.4 Å². The van der Waals surface area contributed by atoms with Crippen LogP contribution in [0.2, 0.25) is 0 Å². The molecule has 0 saturated carbocycles. The van der Waals surface area contributed by atoms with Crippen LogP contribution in [0.3, 0.4) is 0 Å². The molecule has 1 atom stereocenters. The lowest BCUT2D eigenvalue weighted by Crippen LogP contribution is -2.40. The molecule has 5 nitrogen and oxygen atoms in total. The topological polar surface area (TPSA) is 61.8 Å². The second-order valence-electron chi connectivity index (χ2n) is 6.29. The Bertz CT molecular complexity index is 450. The summed E-state index contributed by atoms with van der Waals surface area (Å²) in [5, 5.41) is 3.34. The lowest BCUT2D eigenvalue weighted by molar-refractivity contribution is 0.319. The highest BCUT2D eigenvalue weighted by atomic mass is 127. The Labute approximate surface area is 159 Å². The molecule has 0 amide bonds. The second-order valence-corrected chi connectivity index (χ2v) is 8.55.